The second-order valence-electron chi connectivity index (χ2n) is 3.64. The molecule has 0 aromatic heterocycles. The topological polar surface area (TPSA) is 29.1 Å². The molecule has 0 saturated heterocycles. The number of carbonyl (C=O) groups excluding carboxylic acids is 1. The summed E-state index contributed by atoms with van der Waals surface area (Å²) in [6.07, 6.45) is 0.839. The summed E-state index contributed by atoms with van der Waals surface area (Å²) in [7, 11) is 0. The molecule has 0 fully saturated rings. The zero-order valence-corrected chi connectivity index (χ0v) is 11.7. The molecule has 0 spiro atoms. The maximum absolute atomic E-state index is 11.6. The van der Waals surface area contributed by atoms with Gasteiger partial charge in [0.25, 0.3) is 0 Å². The molecule has 88 valence electrons. The molecule has 16 heavy (non-hydrogen) atoms. The Morgan fingerprint density at radius 2 is 2.25 bits per heavy atom. The molecule has 1 aromatic carbocycles. The highest BCUT2D eigenvalue weighted by Crippen LogP contribution is 2.20. The standard InChI is InChI=1S/C12H15BrClNO/c1-3-11(15-12(16)8(2)13)9-5-4-6-10(14)7-9/h4-8,11H,3H2,1-2H3,(H,15,16). The first-order valence-electron chi connectivity index (χ1n) is 5.24. The van der Waals surface area contributed by atoms with Crippen LogP contribution in [0, 0.1) is 0 Å². The van der Waals surface area contributed by atoms with Gasteiger partial charge in [0.1, 0.15) is 0 Å². The summed E-state index contributed by atoms with van der Waals surface area (Å²) in [5, 5.41) is 3.66. The van der Waals surface area contributed by atoms with E-state index < -0.39 is 0 Å². The Hall–Kier alpha value is -0.540. The van der Waals surface area contributed by atoms with Gasteiger partial charge in [-0.2, -0.15) is 0 Å². The first kappa shape index (κ1) is 13.5. The Bertz CT molecular complexity index is 368. The van der Waals surface area contributed by atoms with E-state index in [1.165, 1.54) is 0 Å². The number of alkyl halides is 1. The van der Waals surface area contributed by atoms with Crippen LogP contribution in [0.15, 0.2) is 24.3 Å². The molecule has 0 aliphatic rings. The third-order valence-corrected chi connectivity index (χ3v) is 2.99. The van der Waals surface area contributed by atoms with E-state index >= 15 is 0 Å². The molecule has 0 aliphatic carbocycles. The molecule has 1 amide bonds. The Labute approximate surface area is 110 Å². The average molecular weight is 305 g/mol. The smallest absolute Gasteiger partial charge is 0.233 e. The van der Waals surface area contributed by atoms with Crippen LogP contribution in [0.5, 0.6) is 0 Å². The molecule has 0 aliphatic heterocycles. The van der Waals surface area contributed by atoms with E-state index in [1.54, 1.807) is 6.92 Å². The van der Waals surface area contributed by atoms with Gasteiger partial charge in [0.05, 0.1) is 10.9 Å². The van der Waals surface area contributed by atoms with Gasteiger partial charge in [-0.1, -0.05) is 46.6 Å². The van der Waals surface area contributed by atoms with Crippen molar-refractivity contribution in [2.45, 2.75) is 31.1 Å². The molecule has 2 nitrogen and oxygen atoms in total. The zero-order chi connectivity index (χ0) is 12.1. The third kappa shape index (κ3) is 3.80. The van der Waals surface area contributed by atoms with E-state index in [9.17, 15) is 4.79 Å². The summed E-state index contributed by atoms with van der Waals surface area (Å²) in [6, 6.07) is 7.59. The van der Waals surface area contributed by atoms with E-state index in [1.807, 2.05) is 31.2 Å². The van der Waals surface area contributed by atoms with Crippen molar-refractivity contribution >= 4 is 33.4 Å². The number of nitrogens with one attached hydrogen (secondary N) is 1. The maximum atomic E-state index is 11.6. The fourth-order valence-corrected chi connectivity index (χ4v) is 1.76. The summed E-state index contributed by atoms with van der Waals surface area (Å²) in [6.45, 7) is 3.84. The van der Waals surface area contributed by atoms with Crippen molar-refractivity contribution in [1.29, 1.82) is 0 Å². The summed E-state index contributed by atoms with van der Waals surface area (Å²) in [5.41, 5.74) is 1.04. The van der Waals surface area contributed by atoms with Gasteiger partial charge in [0, 0.05) is 5.02 Å². The number of amides is 1. The molecular weight excluding hydrogens is 289 g/mol. The predicted molar refractivity (Wildman–Crippen MR) is 71.0 cm³/mol. The van der Waals surface area contributed by atoms with Crippen LogP contribution < -0.4 is 5.32 Å². The number of hydrogen-bond donors (Lipinski definition) is 1. The molecule has 0 heterocycles. The second-order valence-corrected chi connectivity index (χ2v) is 5.45. The molecule has 1 rings (SSSR count). The third-order valence-electron chi connectivity index (χ3n) is 2.34. The highest BCUT2D eigenvalue weighted by atomic mass is 79.9. The Morgan fingerprint density at radius 1 is 1.56 bits per heavy atom. The molecule has 0 radical (unpaired) electrons. The van der Waals surface area contributed by atoms with Crippen molar-refractivity contribution in [2.24, 2.45) is 0 Å². The quantitative estimate of drug-likeness (QED) is 0.845. The first-order chi connectivity index (χ1) is 7.54. The largest absolute Gasteiger partial charge is 0.348 e. The second kappa shape index (κ2) is 6.26. The van der Waals surface area contributed by atoms with E-state index in [4.69, 9.17) is 11.6 Å². The lowest BCUT2D eigenvalue weighted by molar-refractivity contribution is -0.120. The number of benzene rings is 1. The average Bonchev–Trinajstić information content (AvgIpc) is 2.25. The van der Waals surface area contributed by atoms with Crippen LogP contribution in [-0.2, 0) is 4.79 Å². The van der Waals surface area contributed by atoms with Gasteiger partial charge in [0.2, 0.25) is 5.91 Å². The zero-order valence-electron chi connectivity index (χ0n) is 9.34. The number of hydrogen-bond acceptors (Lipinski definition) is 1. The maximum Gasteiger partial charge on any atom is 0.233 e. The van der Waals surface area contributed by atoms with E-state index in [2.05, 4.69) is 21.2 Å². The lowest BCUT2D eigenvalue weighted by Crippen LogP contribution is -2.32. The van der Waals surface area contributed by atoms with Crippen LogP contribution in [0.1, 0.15) is 31.9 Å². The Morgan fingerprint density at radius 3 is 2.75 bits per heavy atom. The lowest BCUT2D eigenvalue weighted by Gasteiger charge is -2.18. The van der Waals surface area contributed by atoms with Crippen LogP contribution in [0.4, 0.5) is 0 Å². The Balaban J connectivity index is 2.78. The normalized spacial score (nSPS) is 14.2. The van der Waals surface area contributed by atoms with Crippen LogP contribution in [-0.4, -0.2) is 10.7 Å². The van der Waals surface area contributed by atoms with Gasteiger partial charge in [-0.25, -0.2) is 0 Å². The lowest BCUT2D eigenvalue weighted by atomic mass is 10.0. The minimum atomic E-state index is -0.180. The SMILES string of the molecule is CCC(NC(=O)C(C)Br)c1cccc(Cl)c1. The van der Waals surface area contributed by atoms with Crippen molar-refractivity contribution in [3.8, 4) is 0 Å². The first-order valence-corrected chi connectivity index (χ1v) is 6.54. The molecule has 2 unspecified atom stereocenters. The van der Waals surface area contributed by atoms with Crippen molar-refractivity contribution in [2.75, 3.05) is 0 Å². The number of rotatable bonds is 4. The molecule has 1 N–H and O–H groups in total. The summed E-state index contributed by atoms with van der Waals surface area (Å²) < 4.78 is 0. The highest BCUT2D eigenvalue weighted by Gasteiger charge is 2.15. The molecule has 1 aromatic rings. The van der Waals surface area contributed by atoms with Crippen molar-refractivity contribution in [3.05, 3.63) is 34.9 Å². The van der Waals surface area contributed by atoms with Crippen LogP contribution in [0.25, 0.3) is 0 Å². The highest BCUT2D eigenvalue weighted by molar-refractivity contribution is 9.10. The van der Waals surface area contributed by atoms with E-state index in [0.717, 1.165) is 12.0 Å². The van der Waals surface area contributed by atoms with E-state index in [0.29, 0.717) is 5.02 Å². The van der Waals surface area contributed by atoms with Crippen LogP contribution in [0.3, 0.4) is 0 Å². The fraction of sp³-hybridized carbons (Fsp3) is 0.417. The monoisotopic (exact) mass is 303 g/mol. The van der Waals surface area contributed by atoms with Gasteiger partial charge in [-0.15, -0.1) is 0 Å². The number of carbonyl (C=O) groups is 1. The van der Waals surface area contributed by atoms with Crippen molar-refractivity contribution < 1.29 is 4.79 Å². The predicted octanol–water partition coefficient (Wildman–Crippen LogP) is 3.69. The minimum Gasteiger partial charge on any atom is -0.348 e. The van der Waals surface area contributed by atoms with Crippen molar-refractivity contribution in [3.63, 3.8) is 0 Å². The van der Waals surface area contributed by atoms with Gasteiger partial charge in [0.15, 0.2) is 0 Å². The van der Waals surface area contributed by atoms with Gasteiger partial charge >= 0.3 is 0 Å². The molecule has 0 bridgehead atoms. The number of halogens is 2. The van der Waals surface area contributed by atoms with Gasteiger partial charge in [-0.3, -0.25) is 4.79 Å². The minimum absolute atomic E-state index is 0.00757. The summed E-state index contributed by atoms with van der Waals surface area (Å²) in [4.78, 5) is 11.4. The fourth-order valence-electron chi connectivity index (χ4n) is 1.43. The van der Waals surface area contributed by atoms with Crippen molar-refractivity contribution in [1.82, 2.24) is 5.32 Å². The van der Waals surface area contributed by atoms with Crippen LogP contribution >= 0.6 is 27.5 Å². The van der Waals surface area contributed by atoms with Gasteiger partial charge in [-0.05, 0) is 31.0 Å². The molecule has 0 saturated carbocycles. The summed E-state index contributed by atoms with van der Waals surface area (Å²) >= 11 is 9.17. The molecule has 2 atom stereocenters. The summed E-state index contributed by atoms with van der Waals surface area (Å²) in [5.74, 6) is -0.00757. The van der Waals surface area contributed by atoms with Crippen LogP contribution in [0.2, 0.25) is 5.02 Å². The molecule has 4 heteroatoms. The Kier molecular flexibility index (Phi) is 5.29. The molecular formula is C12H15BrClNO. The van der Waals surface area contributed by atoms with E-state index in [-0.39, 0.29) is 16.8 Å². The van der Waals surface area contributed by atoms with Gasteiger partial charge < -0.3 is 5.32 Å².